The van der Waals surface area contributed by atoms with Gasteiger partial charge in [-0.15, -0.1) is 0 Å². The van der Waals surface area contributed by atoms with Crippen LogP contribution in [0.5, 0.6) is 0 Å². The normalized spacial score (nSPS) is 12.8. The zero-order valence-electron chi connectivity index (χ0n) is 44.3. The molecule has 6 nitrogen and oxygen atoms in total. The van der Waals surface area contributed by atoms with Crippen molar-refractivity contribution in [3.63, 3.8) is 0 Å². The Bertz CT molecular complexity index is 1360. The maximum absolute atomic E-state index is 12.8. The van der Waals surface area contributed by atoms with Gasteiger partial charge in [-0.05, 0) is 96.3 Å². The van der Waals surface area contributed by atoms with Gasteiger partial charge in [-0.3, -0.25) is 14.4 Å². The van der Waals surface area contributed by atoms with E-state index < -0.39 is 6.10 Å². The minimum Gasteiger partial charge on any atom is -0.462 e. The van der Waals surface area contributed by atoms with Crippen LogP contribution in [0.1, 0.15) is 258 Å². The molecule has 0 aliphatic rings. The van der Waals surface area contributed by atoms with Gasteiger partial charge in [0, 0.05) is 19.3 Å². The molecule has 0 bridgehead atoms. The monoisotopic (exact) mass is 945 g/mol. The van der Waals surface area contributed by atoms with Crippen LogP contribution in [0, 0.1) is 0 Å². The molecular formula is C62H104O6. The van der Waals surface area contributed by atoms with Gasteiger partial charge >= 0.3 is 17.9 Å². The molecule has 0 aromatic rings. The molecule has 0 saturated carbocycles. The van der Waals surface area contributed by atoms with E-state index >= 15 is 0 Å². The third kappa shape index (κ3) is 53.3. The molecule has 0 aliphatic heterocycles. The number of hydrogen-bond acceptors (Lipinski definition) is 6. The van der Waals surface area contributed by atoms with E-state index in [1.807, 2.05) is 0 Å². The summed E-state index contributed by atoms with van der Waals surface area (Å²) >= 11 is 0. The number of carbonyl (C=O) groups is 3. The van der Waals surface area contributed by atoms with Gasteiger partial charge in [0.2, 0.25) is 0 Å². The lowest BCUT2D eigenvalue weighted by Crippen LogP contribution is -2.30. The van der Waals surface area contributed by atoms with Crippen LogP contribution in [0.4, 0.5) is 0 Å². The van der Waals surface area contributed by atoms with Gasteiger partial charge in [0.15, 0.2) is 6.10 Å². The first-order valence-electron chi connectivity index (χ1n) is 28.2. The molecule has 0 radical (unpaired) electrons. The average molecular weight is 946 g/mol. The zero-order valence-corrected chi connectivity index (χ0v) is 44.3. The Morgan fingerprint density at radius 2 is 0.588 bits per heavy atom. The van der Waals surface area contributed by atoms with E-state index in [9.17, 15) is 14.4 Å². The predicted molar refractivity (Wildman–Crippen MR) is 293 cm³/mol. The Morgan fingerprint density at radius 3 is 0.971 bits per heavy atom. The Hall–Kier alpha value is -3.67. The van der Waals surface area contributed by atoms with Crippen molar-refractivity contribution in [2.75, 3.05) is 13.2 Å². The van der Waals surface area contributed by atoms with E-state index in [0.717, 1.165) is 103 Å². The van der Waals surface area contributed by atoms with Crippen molar-refractivity contribution in [2.24, 2.45) is 0 Å². The number of rotatable bonds is 50. The van der Waals surface area contributed by atoms with E-state index in [-0.39, 0.29) is 37.5 Å². The van der Waals surface area contributed by atoms with Gasteiger partial charge < -0.3 is 14.2 Å². The summed E-state index contributed by atoms with van der Waals surface area (Å²) in [6.07, 6.45) is 73.9. The fraction of sp³-hybridized carbons (Fsp3) is 0.694. The molecule has 0 N–H and O–H groups in total. The number of allylic oxidation sites excluding steroid dienone is 16. The summed E-state index contributed by atoms with van der Waals surface area (Å²) in [7, 11) is 0. The molecule has 0 spiro atoms. The first-order valence-corrected chi connectivity index (χ1v) is 28.2. The summed E-state index contributed by atoms with van der Waals surface area (Å²) in [6, 6.07) is 0. The van der Waals surface area contributed by atoms with Gasteiger partial charge in [-0.25, -0.2) is 0 Å². The molecule has 1 atom stereocenters. The van der Waals surface area contributed by atoms with E-state index in [1.165, 1.54) is 109 Å². The molecule has 68 heavy (non-hydrogen) atoms. The van der Waals surface area contributed by atoms with Gasteiger partial charge in [0.05, 0.1) is 0 Å². The van der Waals surface area contributed by atoms with E-state index in [4.69, 9.17) is 14.2 Å². The number of esters is 3. The van der Waals surface area contributed by atoms with Crippen LogP contribution in [-0.2, 0) is 28.6 Å². The summed E-state index contributed by atoms with van der Waals surface area (Å²) in [5.41, 5.74) is 0. The SMILES string of the molecule is CC/C=C\C/C=C\C/C=C\C/C=C\CCCCCCCCC(=O)OCC(COC(=O)CCCCCCCCCCCCCCCC)OC(=O)CCC/C=C\C/C=C\C/C=C\C/C=C\CCCCC. The highest BCUT2D eigenvalue weighted by Crippen LogP contribution is 2.15. The molecule has 0 fully saturated rings. The third-order valence-electron chi connectivity index (χ3n) is 11.8. The molecule has 0 aliphatic carbocycles. The maximum atomic E-state index is 12.8. The smallest absolute Gasteiger partial charge is 0.306 e. The second-order valence-corrected chi connectivity index (χ2v) is 18.5. The van der Waals surface area contributed by atoms with Crippen LogP contribution in [0.15, 0.2) is 97.2 Å². The topological polar surface area (TPSA) is 78.9 Å². The summed E-state index contributed by atoms with van der Waals surface area (Å²) < 4.78 is 16.8. The van der Waals surface area contributed by atoms with Crippen molar-refractivity contribution in [1.29, 1.82) is 0 Å². The molecule has 0 aromatic heterocycles. The number of carbonyl (C=O) groups excluding carboxylic acids is 3. The van der Waals surface area contributed by atoms with Gasteiger partial charge in [-0.1, -0.05) is 240 Å². The van der Waals surface area contributed by atoms with E-state index in [2.05, 4.69) is 118 Å². The Balaban J connectivity index is 4.49. The minimum atomic E-state index is -0.812. The largest absolute Gasteiger partial charge is 0.462 e. The molecule has 0 rings (SSSR count). The Labute approximate surface area is 419 Å². The molecule has 0 amide bonds. The molecular weight excluding hydrogens is 841 g/mol. The standard InChI is InChI=1S/C62H104O6/c1-4-7-10-13-16-19-22-25-28-30-31-33-34-37-40-43-46-49-52-55-61(64)67-58-59(57-66-60(63)54-51-48-45-42-39-36-27-24-21-18-15-12-9-6-3)68-62(65)56-53-50-47-44-41-38-35-32-29-26-23-20-17-14-11-8-5-2/h7,10,16-17,19-20,25-26,28-29,31,33,35,38,44,47,59H,4-6,8-9,11-15,18,21-24,27,30,32,34,36-37,39-43,45-46,48-58H2,1-3H3/b10-7-,19-16-,20-17-,28-25-,29-26-,33-31-,38-35-,47-44-. The highest BCUT2D eigenvalue weighted by molar-refractivity contribution is 5.71. The fourth-order valence-electron chi connectivity index (χ4n) is 7.60. The van der Waals surface area contributed by atoms with Gasteiger partial charge in [-0.2, -0.15) is 0 Å². The summed E-state index contributed by atoms with van der Waals surface area (Å²) in [5.74, 6) is -0.970. The van der Waals surface area contributed by atoms with Crippen LogP contribution in [-0.4, -0.2) is 37.2 Å². The molecule has 0 aromatic carbocycles. The van der Waals surface area contributed by atoms with Crippen molar-refractivity contribution in [3.8, 4) is 0 Å². The third-order valence-corrected chi connectivity index (χ3v) is 11.8. The van der Waals surface area contributed by atoms with Crippen molar-refractivity contribution in [2.45, 2.75) is 264 Å². The molecule has 0 heterocycles. The van der Waals surface area contributed by atoms with Gasteiger partial charge in [0.1, 0.15) is 13.2 Å². The van der Waals surface area contributed by atoms with Crippen LogP contribution in [0.3, 0.4) is 0 Å². The Kier molecular flexibility index (Phi) is 52.9. The van der Waals surface area contributed by atoms with Crippen molar-refractivity contribution >= 4 is 17.9 Å². The molecule has 6 heteroatoms. The number of hydrogen-bond donors (Lipinski definition) is 0. The number of unbranched alkanes of at least 4 members (excludes halogenated alkanes) is 23. The lowest BCUT2D eigenvalue weighted by molar-refractivity contribution is -0.167. The lowest BCUT2D eigenvalue weighted by Gasteiger charge is -2.18. The zero-order chi connectivity index (χ0) is 49.3. The van der Waals surface area contributed by atoms with E-state index in [1.54, 1.807) is 0 Å². The average Bonchev–Trinajstić information content (AvgIpc) is 3.34. The molecule has 388 valence electrons. The highest BCUT2D eigenvalue weighted by atomic mass is 16.6. The lowest BCUT2D eigenvalue weighted by atomic mass is 10.0. The van der Waals surface area contributed by atoms with E-state index in [0.29, 0.717) is 19.3 Å². The number of ether oxygens (including phenoxy) is 3. The second-order valence-electron chi connectivity index (χ2n) is 18.5. The van der Waals surface area contributed by atoms with Crippen molar-refractivity contribution in [3.05, 3.63) is 97.2 Å². The van der Waals surface area contributed by atoms with Crippen LogP contribution in [0.25, 0.3) is 0 Å². The maximum Gasteiger partial charge on any atom is 0.306 e. The minimum absolute atomic E-state index is 0.103. The fourth-order valence-corrected chi connectivity index (χ4v) is 7.60. The van der Waals surface area contributed by atoms with Crippen molar-refractivity contribution < 1.29 is 28.6 Å². The first-order chi connectivity index (χ1) is 33.5. The van der Waals surface area contributed by atoms with Crippen LogP contribution in [0.2, 0.25) is 0 Å². The Morgan fingerprint density at radius 1 is 0.309 bits per heavy atom. The first kappa shape index (κ1) is 64.3. The predicted octanol–water partition coefficient (Wildman–Crippen LogP) is 18.9. The second kappa shape index (κ2) is 55.9. The highest BCUT2D eigenvalue weighted by Gasteiger charge is 2.19. The van der Waals surface area contributed by atoms with Crippen LogP contribution >= 0.6 is 0 Å². The van der Waals surface area contributed by atoms with Crippen molar-refractivity contribution in [1.82, 2.24) is 0 Å². The van der Waals surface area contributed by atoms with Crippen LogP contribution < -0.4 is 0 Å². The quantitative estimate of drug-likeness (QED) is 0.0262. The molecule has 0 saturated heterocycles. The summed E-state index contributed by atoms with van der Waals surface area (Å²) in [6.45, 7) is 6.45. The summed E-state index contributed by atoms with van der Waals surface area (Å²) in [4.78, 5) is 38.1. The summed E-state index contributed by atoms with van der Waals surface area (Å²) in [5, 5.41) is 0. The molecule has 1 unspecified atom stereocenters. The van der Waals surface area contributed by atoms with Gasteiger partial charge in [0.25, 0.3) is 0 Å².